The average Bonchev–Trinajstić information content (AvgIpc) is 2.67. The van der Waals surface area contributed by atoms with Crippen LogP contribution in [0.2, 0.25) is 0 Å². The van der Waals surface area contributed by atoms with Gasteiger partial charge in [0.05, 0.1) is 0 Å². The number of hydrogen-bond donors (Lipinski definition) is 0. The molecular formula is C19H25NO. The standard InChI is InChI=1S/C19H25NO/c1-20-17-9-10-18(20)12-16(11-17)19(21)15-7-5-14(6-8-15)13-3-2-4-13/h5-8,13,16-18H,2-4,9-12H2,1H3. The first-order valence-electron chi connectivity index (χ1n) is 8.58. The third-order valence-electron chi connectivity index (χ3n) is 6.24. The van der Waals surface area contributed by atoms with Crippen LogP contribution in [0.25, 0.3) is 0 Å². The molecule has 112 valence electrons. The van der Waals surface area contributed by atoms with Gasteiger partial charge in [-0.3, -0.25) is 4.79 Å². The molecule has 0 amide bonds. The van der Waals surface area contributed by atoms with E-state index in [1.165, 1.54) is 37.7 Å². The fraction of sp³-hybridized carbons (Fsp3) is 0.632. The van der Waals surface area contributed by atoms with Crippen LogP contribution in [0.15, 0.2) is 24.3 Å². The quantitative estimate of drug-likeness (QED) is 0.781. The second-order valence-corrected chi connectivity index (χ2v) is 7.33. The lowest BCUT2D eigenvalue weighted by Crippen LogP contribution is -2.42. The molecule has 1 aromatic carbocycles. The molecule has 0 aromatic heterocycles. The van der Waals surface area contributed by atoms with Crippen molar-refractivity contribution < 1.29 is 4.79 Å². The van der Waals surface area contributed by atoms with Crippen molar-refractivity contribution in [3.63, 3.8) is 0 Å². The maximum Gasteiger partial charge on any atom is 0.166 e. The van der Waals surface area contributed by atoms with E-state index >= 15 is 0 Å². The Labute approximate surface area is 127 Å². The first-order valence-corrected chi connectivity index (χ1v) is 8.58. The third kappa shape index (κ3) is 2.34. The molecule has 21 heavy (non-hydrogen) atoms. The van der Waals surface area contributed by atoms with Crippen LogP contribution in [0.4, 0.5) is 0 Å². The van der Waals surface area contributed by atoms with E-state index in [-0.39, 0.29) is 5.92 Å². The summed E-state index contributed by atoms with van der Waals surface area (Å²) < 4.78 is 0. The van der Waals surface area contributed by atoms with Gasteiger partial charge in [-0.15, -0.1) is 0 Å². The van der Waals surface area contributed by atoms with Gasteiger partial charge in [-0.25, -0.2) is 0 Å². The van der Waals surface area contributed by atoms with Gasteiger partial charge in [-0.2, -0.15) is 0 Å². The van der Waals surface area contributed by atoms with Crippen molar-refractivity contribution >= 4 is 5.78 Å². The molecule has 3 fully saturated rings. The normalized spacial score (nSPS) is 32.9. The van der Waals surface area contributed by atoms with Crippen LogP contribution in [0, 0.1) is 5.92 Å². The molecule has 2 aliphatic heterocycles. The highest BCUT2D eigenvalue weighted by Gasteiger charge is 2.40. The van der Waals surface area contributed by atoms with Crippen molar-refractivity contribution in [2.75, 3.05) is 7.05 Å². The summed E-state index contributed by atoms with van der Waals surface area (Å²) in [5, 5.41) is 0. The molecule has 0 N–H and O–H groups in total. The first-order chi connectivity index (χ1) is 10.2. The zero-order chi connectivity index (χ0) is 14.4. The lowest BCUT2D eigenvalue weighted by Gasteiger charge is -2.35. The SMILES string of the molecule is CN1C2CCC1CC(C(=O)c1ccc(C3CCC3)cc1)C2. The van der Waals surface area contributed by atoms with Crippen molar-refractivity contribution in [3.05, 3.63) is 35.4 Å². The molecule has 4 rings (SSSR count). The second kappa shape index (κ2) is 5.24. The van der Waals surface area contributed by atoms with Crippen molar-refractivity contribution in [1.82, 2.24) is 4.90 Å². The number of benzene rings is 1. The van der Waals surface area contributed by atoms with Crippen molar-refractivity contribution in [1.29, 1.82) is 0 Å². The molecule has 1 saturated carbocycles. The molecule has 2 atom stereocenters. The minimum Gasteiger partial charge on any atom is -0.300 e. The Hall–Kier alpha value is -1.15. The minimum absolute atomic E-state index is 0.258. The number of piperidine rings is 1. The summed E-state index contributed by atoms with van der Waals surface area (Å²) >= 11 is 0. The molecular weight excluding hydrogens is 258 g/mol. The van der Waals surface area contributed by atoms with Crippen LogP contribution in [0.5, 0.6) is 0 Å². The Morgan fingerprint density at radius 1 is 1.00 bits per heavy atom. The van der Waals surface area contributed by atoms with Crippen LogP contribution >= 0.6 is 0 Å². The Balaban J connectivity index is 1.47. The van der Waals surface area contributed by atoms with Gasteiger partial charge in [0.2, 0.25) is 0 Å². The van der Waals surface area contributed by atoms with E-state index in [9.17, 15) is 4.79 Å². The van der Waals surface area contributed by atoms with Crippen molar-refractivity contribution in [2.24, 2.45) is 5.92 Å². The molecule has 1 aromatic rings. The van der Waals surface area contributed by atoms with E-state index in [4.69, 9.17) is 0 Å². The van der Waals surface area contributed by atoms with Gasteiger partial charge in [0, 0.05) is 23.6 Å². The molecule has 2 saturated heterocycles. The lowest BCUT2D eigenvalue weighted by atomic mass is 9.79. The van der Waals surface area contributed by atoms with E-state index in [0.717, 1.165) is 24.3 Å². The zero-order valence-corrected chi connectivity index (χ0v) is 12.9. The molecule has 3 aliphatic rings. The van der Waals surface area contributed by atoms with E-state index in [1.54, 1.807) is 0 Å². The van der Waals surface area contributed by atoms with Crippen LogP contribution in [-0.4, -0.2) is 29.8 Å². The van der Waals surface area contributed by atoms with E-state index < -0.39 is 0 Å². The molecule has 2 heterocycles. The van der Waals surface area contributed by atoms with Crippen LogP contribution in [0.3, 0.4) is 0 Å². The summed E-state index contributed by atoms with van der Waals surface area (Å²) in [5.41, 5.74) is 2.37. The number of carbonyl (C=O) groups is 1. The number of fused-ring (bicyclic) bond motifs is 2. The molecule has 2 bridgehead atoms. The maximum atomic E-state index is 12.8. The molecule has 2 unspecified atom stereocenters. The van der Waals surface area contributed by atoms with Crippen molar-refractivity contribution in [3.8, 4) is 0 Å². The molecule has 2 heteroatoms. The second-order valence-electron chi connectivity index (χ2n) is 7.33. The summed E-state index contributed by atoms with van der Waals surface area (Å²) in [7, 11) is 2.23. The number of carbonyl (C=O) groups excluding carboxylic acids is 1. The summed E-state index contributed by atoms with van der Waals surface area (Å²) in [6.45, 7) is 0. The van der Waals surface area contributed by atoms with Gasteiger partial charge in [0.1, 0.15) is 0 Å². The highest BCUT2D eigenvalue weighted by Crippen LogP contribution is 2.39. The number of rotatable bonds is 3. The number of nitrogens with zero attached hydrogens (tertiary/aromatic N) is 1. The zero-order valence-electron chi connectivity index (χ0n) is 12.9. The van der Waals surface area contributed by atoms with Gasteiger partial charge in [0.15, 0.2) is 5.78 Å². The fourth-order valence-corrected chi connectivity index (χ4v) is 4.52. The van der Waals surface area contributed by atoms with Gasteiger partial charge >= 0.3 is 0 Å². The molecule has 2 nitrogen and oxygen atoms in total. The van der Waals surface area contributed by atoms with Gasteiger partial charge in [-0.05, 0) is 57.1 Å². The number of ketones is 1. The maximum absolute atomic E-state index is 12.8. The van der Waals surface area contributed by atoms with Crippen LogP contribution in [-0.2, 0) is 0 Å². The summed E-state index contributed by atoms with van der Waals surface area (Å²) in [4.78, 5) is 15.3. The van der Waals surface area contributed by atoms with Crippen molar-refractivity contribution in [2.45, 2.75) is 62.9 Å². The smallest absolute Gasteiger partial charge is 0.166 e. The average molecular weight is 283 g/mol. The van der Waals surface area contributed by atoms with Gasteiger partial charge < -0.3 is 4.90 Å². The fourth-order valence-electron chi connectivity index (χ4n) is 4.52. The van der Waals surface area contributed by atoms with Crippen LogP contribution < -0.4 is 0 Å². The topological polar surface area (TPSA) is 20.3 Å². The predicted molar refractivity (Wildman–Crippen MR) is 84.7 cm³/mol. The summed E-state index contributed by atoms with van der Waals surface area (Å²) in [5.74, 6) is 1.40. The third-order valence-corrected chi connectivity index (χ3v) is 6.24. The molecule has 0 spiro atoms. The van der Waals surface area contributed by atoms with Crippen LogP contribution in [0.1, 0.15) is 66.8 Å². The molecule has 1 aliphatic carbocycles. The van der Waals surface area contributed by atoms with Gasteiger partial charge in [0.25, 0.3) is 0 Å². The molecule has 0 radical (unpaired) electrons. The predicted octanol–water partition coefficient (Wildman–Crippen LogP) is 4.01. The van der Waals surface area contributed by atoms with Gasteiger partial charge in [-0.1, -0.05) is 30.7 Å². The highest BCUT2D eigenvalue weighted by atomic mass is 16.1. The Morgan fingerprint density at radius 2 is 1.62 bits per heavy atom. The monoisotopic (exact) mass is 283 g/mol. The minimum atomic E-state index is 0.258. The first kappa shape index (κ1) is 13.5. The Kier molecular flexibility index (Phi) is 3.37. The van der Waals surface area contributed by atoms with E-state index in [0.29, 0.717) is 17.9 Å². The summed E-state index contributed by atoms with van der Waals surface area (Å²) in [6, 6.07) is 9.84. The van der Waals surface area contributed by atoms with E-state index in [2.05, 4.69) is 36.2 Å². The number of hydrogen-bond acceptors (Lipinski definition) is 2. The summed E-state index contributed by atoms with van der Waals surface area (Å²) in [6.07, 6.45) is 8.71. The highest BCUT2D eigenvalue weighted by molar-refractivity contribution is 5.98. The lowest BCUT2D eigenvalue weighted by molar-refractivity contribution is 0.0767. The Morgan fingerprint density at radius 3 is 2.14 bits per heavy atom. The number of Topliss-reactive ketones (excluding diaryl/α,β-unsaturated/α-hetero) is 1. The largest absolute Gasteiger partial charge is 0.300 e. The van der Waals surface area contributed by atoms with E-state index in [1.807, 2.05) is 0 Å². The Bertz CT molecular complexity index is 517.